The van der Waals surface area contributed by atoms with E-state index in [1.165, 1.54) is 11.1 Å². The Hall–Kier alpha value is -2.37. The number of amides is 2. The van der Waals surface area contributed by atoms with Crippen LogP contribution in [0.25, 0.3) is 0 Å². The predicted molar refractivity (Wildman–Crippen MR) is 113 cm³/mol. The lowest BCUT2D eigenvalue weighted by atomic mass is 9.94. The molecule has 2 atom stereocenters. The Labute approximate surface area is 172 Å². The molecule has 150 valence electrons. The smallest absolute Gasteiger partial charge is 0.225 e. The van der Waals surface area contributed by atoms with Gasteiger partial charge < -0.3 is 16.0 Å². The van der Waals surface area contributed by atoms with Gasteiger partial charge in [0.25, 0.3) is 0 Å². The molecule has 0 radical (unpaired) electrons. The number of halogens is 1. The topological polar surface area (TPSA) is 70.2 Å². The molecule has 1 fully saturated rings. The Morgan fingerprint density at radius 2 is 1.14 bits per heavy atom. The van der Waals surface area contributed by atoms with Crippen molar-refractivity contribution in [3.05, 3.63) is 71.8 Å². The Kier molecular flexibility index (Phi) is 8.98. The molecule has 2 aromatic carbocycles. The van der Waals surface area contributed by atoms with Crippen molar-refractivity contribution in [3.8, 4) is 0 Å². The number of benzene rings is 2. The summed E-state index contributed by atoms with van der Waals surface area (Å²) in [5.74, 6) is -0.701. The van der Waals surface area contributed by atoms with Crippen molar-refractivity contribution in [2.75, 3.05) is 26.2 Å². The zero-order valence-electron chi connectivity index (χ0n) is 15.9. The molecule has 2 aromatic rings. The van der Waals surface area contributed by atoms with Crippen molar-refractivity contribution in [1.29, 1.82) is 0 Å². The predicted octanol–water partition coefficient (Wildman–Crippen LogP) is 1.96. The van der Waals surface area contributed by atoms with E-state index in [1.54, 1.807) is 0 Å². The summed E-state index contributed by atoms with van der Waals surface area (Å²) < 4.78 is 0. The van der Waals surface area contributed by atoms with E-state index < -0.39 is 0 Å². The third-order valence-electron chi connectivity index (χ3n) is 5.00. The Balaban J connectivity index is 0.00000280. The lowest BCUT2D eigenvalue weighted by Gasteiger charge is -2.18. The number of carbonyl (C=O) groups is 2. The fourth-order valence-electron chi connectivity index (χ4n) is 3.44. The lowest BCUT2D eigenvalue weighted by Crippen LogP contribution is -2.42. The molecule has 3 rings (SSSR count). The van der Waals surface area contributed by atoms with Gasteiger partial charge in [0.05, 0.1) is 11.8 Å². The molecule has 0 aromatic heterocycles. The van der Waals surface area contributed by atoms with Gasteiger partial charge in [-0.25, -0.2) is 0 Å². The first-order valence-corrected chi connectivity index (χ1v) is 9.58. The van der Waals surface area contributed by atoms with Crippen LogP contribution >= 0.6 is 12.4 Å². The molecular weight excluding hydrogens is 374 g/mol. The Bertz CT molecular complexity index is 676. The fourth-order valence-corrected chi connectivity index (χ4v) is 3.44. The van der Waals surface area contributed by atoms with E-state index in [-0.39, 0.29) is 36.1 Å². The average Bonchev–Trinajstić information content (AvgIpc) is 3.20. The van der Waals surface area contributed by atoms with Crippen LogP contribution in [0.3, 0.4) is 0 Å². The summed E-state index contributed by atoms with van der Waals surface area (Å²) in [4.78, 5) is 25.0. The summed E-state index contributed by atoms with van der Waals surface area (Å²) in [7, 11) is 0. The minimum atomic E-state index is -0.308. The van der Waals surface area contributed by atoms with E-state index in [4.69, 9.17) is 0 Å². The average molecular weight is 402 g/mol. The summed E-state index contributed by atoms with van der Waals surface area (Å²) in [6.07, 6.45) is 1.58. The van der Waals surface area contributed by atoms with Crippen LogP contribution in [0, 0.1) is 11.8 Å². The first kappa shape index (κ1) is 21.9. The van der Waals surface area contributed by atoms with Gasteiger partial charge in [0, 0.05) is 26.2 Å². The number of carbonyl (C=O) groups excluding carboxylic acids is 2. The van der Waals surface area contributed by atoms with Crippen LogP contribution in [-0.4, -0.2) is 38.0 Å². The third-order valence-corrected chi connectivity index (χ3v) is 5.00. The van der Waals surface area contributed by atoms with Gasteiger partial charge in [-0.15, -0.1) is 12.4 Å². The minimum absolute atomic E-state index is 0. The van der Waals surface area contributed by atoms with E-state index in [9.17, 15) is 9.59 Å². The van der Waals surface area contributed by atoms with Crippen LogP contribution < -0.4 is 16.0 Å². The number of nitrogens with one attached hydrogen (secondary N) is 3. The standard InChI is InChI=1S/C22H27N3O2.ClH/c26-21(24-13-11-17-7-3-1-4-8-17)19-15-23-16-20(19)22(27)25-14-12-18-9-5-2-6-10-18;/h1-10,19-20,23H,11-16H2,(H,24,26)(H,25,27);1H/t19-,20-;/m1./s1. The summed E-state index contributed by atoms with van der Waals surface area (Å²) in [6, 6.07) is 20.1. The molecule has 0 saturated carbocycles. The largest absolute Gasteiger partial charge is 0.355 e. The van der Waals surface area contributed by atoms with E-state index >= 15 is 0 Å². The number of rotatable bonds is 8. The van der Waals surface area contributed by atoms with Crippen molar-refractivity contribution in [2.24, 2.45) is 11.8 Å². The lowest BCUT2D eigenvalue weighted by molar-refractivity contribution is -0.132. The zero-order valence-corrected chi connectivity index (χ0v) is 16.7. The first-order chi connectivity index (χ1) is 13.2. The molecule has 0 spiro atoms. The van der Waals surface area contributed by atoms with E-state index in [0.29, 0.717) is 26.2 Å². The fraction of sp³-hybridized carbons (Fsp3) is 0.364. The molecule has 6 heteroatoms. The second kappa shape index (κ2) is 11.5. The highest BCUT2D eigenvalue weighted by Gasteiger charge is 2.37. The van der Waals surface area contributed by atoms with E-state index in [0.717, 1.165) is 12.8 Å². The Morgan fingerprint density at radius 1 is 0.750 bits per heavy atom. The van der Waals surface area contributed by atoms with E-state index in [2.05, 4.69) is 16.0 Å². The molecule has 1 heterocycles. The van der Waals surface area contributed by atoms with Crippen molar-refractivity contribution in [2.45, 2.75) is 12.8 Å². The maximum atomic E-state index is 12.5. The minimum Gasteiger partial charge on any atom is -0.355 e. The second-order valence-corrected chi connectivity index (χ2v) is 6.92. The molecule has 1 aliphatic heterocycles. The van der Waals surface area contributed by atoms with Gasteiger partial charge in [0.15, 0.2) is 0 Å². The second-order valence-electron chi connectivity index (χ2n) is 6.92. The molecule has 1 saturated heterocycles. The summed E-state index contributed by atoms with van der Waals surface area (Å²) in [5.41, 5.74) is 2.38. The first-order valence-electron chi connectivity index (χ1n) is 9.58. The molecule has 0 bridgehead atoms. The molecule has 5 nitrogen and oxygen atoms in total. The van der Waals surface area contributed by atoms with Crippen molar-refractivity contribution < 1.29 is 9.59 Å². The molecule has 1 aliphatic rings. The van der Waals surface area contributed by atoms with Gasteiger partial charge in [-0.2, -0.15) is 0 Å². The normalized spacial score (nSPS) is 18.1. The summed E-state index contributed by atoms with van der Waals surface area (Å²) in [6.45, 7) is 2.27. The van der Waals surface area contributed by atoms with Crippen LogP contribution in [0.1, 0.15) is 11.1 Å². The highest BCUT2D eigenvalue weighted by Crippen LogP contribution is 2.17. The van der Waals surface area contributed by atoms with Crippen LogP contribution in [0.5, 0.6) is 0 Å². The number of hydrogen-bond donors (Lipinski definition) is 3. The molecule has 28 heavy (non-hydrogen) atoms. The van der Waals surface area contributed by atoms with E-state index in [1.807, 2.05) is 60.7 Å². The van der Waals surface area contributed by atoms with Crippen molar-refractivity contribution in [1.82, 2.24) is 16.0 Å². The number of hydrogen-bond acceptors (Lipinski definition) is 3. The summed E-state index contributed by atoms with van der Waals surface area (Å²) in [5, 5.41) is 9.14. The van der Waals surface area contributed by atoms with Crippen LogP contribution in [0.15, 0.2) is 60.7 Å². The quantitative estimate of drug-likeness (QED) is 0.633. The van der Waals surface area contributed by atoms with Gasteiger partial charge in [-0.3, -0.25) is 9.59 Å². The molecule has 0 unspecified atom stereocenters. The van der Waals surface area contributed by atoms with Gasteiger partial charge in [-0.05, 0) is 24.0 Å². The third kappa shape index (κ3) is 6.36. The highest BCUT2D eigenvalue weighted by molar-refractivity contribution is 5.88. The maximum absolute atomic E-state index is 12.5. The van der Waals surface area contributed by atoms with Gasteiger partial charge in [0.1, 0.15) is 0 Å². The monoisotopic (exact) mass is 401 g/mol. The summed E-state index contributed by atoms with van der Waals surface area (Å²) >= 11 is 0. The van der Waals surface area contributed by atoms with Crippen molar-refractivity contribution >= 4 is 24.2 Å². The maximum Gasteiger partial charge on any atom is 0.225 e. The van der Waals surface area contributed by atoms with Gasteiger partial charge in [-0.1, -0.05) is 60.7 Å². The molecule has 0 aliphatic carbocycles. The highest BCUT2D eigenvalue weighted by atomic mass is 35.5. The molecule has 3 N–H and O–H groups in total. The Morgan fingerprint density at radius 3 is 1.54 bits per heavy atom. The molecule has 2 amide bonds. The van der Waals surface area contributed by atoms with Crippen LogP contribution in [-0.2, 0) is 22.4 Å². The van der Waals surface area contributed by atoms with Crippen molar-refractivity contribution in [3.63, 3.8) is 0 Å². The van der Waals surface area contributed by atoms with Gasteiger partial charge >= 0.3 is 0 Å². The SMILES string of the molecule is Cl.O=C(NCCc1ccccc1)[C@@H]1CNC[C@H]1C(=O)NCCc1ccccc1. The zero-order chi connectivity index (χ0) is 18.9. The van der Waals surface area contributed by atoms with Crippen LogP contribution in [0.2, 0.25) is 0 Å². The molecular formula is C22H28ClN3O2. The van der Waals surface area contributed by atoms with Gasteiger partial charge in [0.2, 0.25) is 11.8 Å². The van der Waals surface area contributed by atoms with Crippen LogP contribution in [0.4, 0.5) is 0 Å².